The first-order valence-electron chi connectivity index (χ1n) is 11.9. The van der Waals surface area contributed by atoms with Crippen molar-refractivity contribution < 1.29 is 32.3 Å². The Hall–Kier alpha value is -4.43. The van der Waals surface area contributed by atoms with Crippen LogP contribution in [0.3, 0.4) is 0 Å². The molecular formula is C27H27BrN4O8S. The van der Waals surface area contributed by atoms with Crippen molar-refractivity contribution in [2.24, 2.45) is 5.10 Å². The van der Waals surface area contributed by atoms with Crippen molar-refractivity contribution in [1.29, 1.82) is 0 Å². The molecule has 216 valence electrons. The van der Waals surface area contributed by atoms with E-state index in [-0.39, 0.29) is 22.9 Å². The first-order valence-corrected chi connectivity index (χ1v) is 14.1. The molecule has 0 aromatic heterocycles. The lowest BCUT2D eigenvalue weighted by molar-refractivity contribution is -0.385. The van der Waals surface area contributed by atoms with E-state index in [9.17, 15) is 23.3 Å². The van der Waals surface area contributed by atoms with E-state index in [1.165, 1.54) is 63.8 Å². The molecule has 3 aromatic rings. The van der Waals surface area contributed by atoms with Gasteiger partial charge >= 0.3 is 0 Å². The largest absolute Gasteiger partial charge is 0.497 e. The maximum absolute atomic E-state index is 13.6. The summed E-state index contributed by atoms with van der Waals surface area (Å²) >= 11 is 3.41. The fraction of sp³-hybridized carbons (Fsp3) is 0.185. The van der Waals surface area contributed by atoms with Gasteiger partial charge in [-0.2, -0.15) is 5.10 Å². The number of amides is 1. The SMILES string of the molecule is C=CCOc1c(Br)cc(/C=N\NC(=O)CN(c2ccc(OC)cc2)S(=O)(=O)c2ccc(C)c([N+](=O)[O-])c2)cc1OC. The molecule has 0 aliphatic carbocycles. The summed E-state index contributed by atoms with van der Waals surface area (Å²) in [5, 5.41) is 15.4. The first kappa shape index (κ1) is 31.1. The number of methoxy groups -OCH3 is 2. The zero-order valence-corrected chi connectivity index (χ0v) is 24.8. The smallest absolute Gasteiger partial charge is 0.273 e. The van der Waals surface area contributed by atoms with Gasteiger partial charge in [0.25, 0.3) is 21.6 Å². The summed E-state index contributed by atoms with van der Waals surface area (Å²) in [4.78, 5) is 23.3. The molecule has 41 heavy (non-hydrogen) atoms. The summed E-state index contributed by atoms with van der Waals surface area (Å²) in [6.07, 6.45) is 2.93. The predicted molar refractivity (Wildman–Crippen MR) is 157 cm³/mol. The molecule has 3 aromatic carbocycles. The number of hydrogen-bond acceptors (Lipinski definition) is 9. The van der Waals surface area contributed by atoms with Crippen LogP contribution in [0.2, 0.25) is 0 Å². The molecule has 0 bridgehead atoms. The lowest BCUT2D eigenvalue weighted by Gasteiger charge is -2.24. The van der Waals surface area contributed by atoms with Crippen LogP contribution in [0.1, 0.15) is 11.1 Å². The van der Waals surface area contributed by atoms with Crippen LogP contribution < -0.4 is 23.9 Å². The van der Waals surface area contributed by atoms with Crippen LogP contribution in [0.5, 0.6) is 17.2 Å². The number of nitrogens with zero attached hydrogens (tertiary/aromatic N) is 3. The summed E-state index contributed by atoms with van der Waals surface area (Å²) in [5.74, 6) is 0.580. The fourth-order valence-electron chi connectivity index (χ4n) is 3.58. The van der Waals surface area contributed by atoms with E-state index in [4.69, 9.17) is 14.2 Å². The second-order valence-corrected chi connectivity index (χ2v) is 11.1. The summed E-state index contributed by atoms with van der Waals surface area (Å²) in [5.41, 5.74) is 2.93. The van der Waals surface area contributed by atoms with Crippen molar-refractivity contribution in [2.45, 2.75) is 11.8 Å². The molecule has 1 amide bonds. The Balaban J connectivity index is 1.88. The Morgan fingerprint density at radius 2 is 1.85 bits per heavy atom. The number of benzene rings is 3. The van der Waals surface area contributed by atoms with E-state index in [1.54, 1.807) is 18.2 Å². The number of hydrazone groups is 1. The molecular weight excluding hydrogens is 620 g/mol. The van der Waals surface area contributed by atoms with E-state index < -0.39 is 27.4 Å². The van der Waals surface area contributed by atoms with Crippen molar-refractivity contribution in [1.82, 2.24) is 5.43 Å². The van der Waals surface area contributed by atoms with Gasteiger partial charge < -0.3 is 14.2 Å². The minimum Gasteiger partial charge on any atom is -0.497 e. The van der Waals surface area contributed by atoms with Crippen LogP contribution in [-0.2, 0) is 14.8 Å². The molecule has 0 saturated heterocycles. The Morgan fingerprint density at radius 1 is 1.15 bits per heavy atom. The molecule has 0 spiro atoms. The first-order chi connectivity index (χ1) is 19.5. The molecule has 12 nitrogen and oxygen atoms in total. The number of carbonyl (C=O) groups excluding carboxylic acids is 1. The molecule has 3 rings (SSSR count). The topological polar surface area (TPSA) is 150 Å². The van der Waals surface area contributed by atoms with Gasteiger partial charge in [0.1, 0.15) is 18.9 Å². The monoisotopic (exact) mass is 646 g/mol. The van der Waals surface area contributed by atoms with E-state index in [0.29, 0.717) is 32.8 Å². The van der Waals surface area contributed by atoms with Gasteiger partial charge in [-0.25, -0.2) is 13.8 Å². The van der Waals surface area contributed by atoms with Gasteiger partial charge in [-0.3, -0.25) is 19.2 Å². The maximum Gasteiger partial charge on any atom is 0.273 e. The van der Waals surface area contributed by atoms with Gasteiger partial charge in [0.05, 0.1) is 40.4 Å². The third kappa shape index (κ3) is 7.61. The number of nitro benzene ring substituents is 1. The standard InChI is InChI=1S/C27H27BrN4O8S/c1-5-12-40-27-23(28)13-19(14-25(27)39-4)16-29-30-26(33)17-31(20-7-9-21(38-3)10-8-20)41(36,37)22-11-6-18(2)24(15-22)32(34)35/h5-11,13-16H,1,12,17H2,2-4H3,(H,30,33)/b29-16-. The Labute approximate surface area is 245 Å². The maximum atomic E-state index is 13.6. The number of carbonyl (C=O) groups is 1. The number of nitro groups is 1. The van der Waals surface area contributed by atoms with E-state index in [0.717, 1.165) is 10.4 Å². The molecule has 0 aliphatic rings. The van der Waals surface area contributed by atoms with Crippen molar-refractivity contribution in [3.05, 3.63) is 93.0 Å². The molecule has 0 fully saturated rings. The zero-order chi connectivity index (χ0) is 30.2. The van der Waals surface area contributed by atoms with Gasteiger partial charge in [-0.15, -0.1) is 0 Å². The Morgan fingerprint density at radius 3 is 2.46 bits per heavy atom. The number of rotatable bonds is 13. The molecule has 0 unspecified atom stereocenters. The third-order valence-electron chi connectivity index (χ3n) is 5.61. The van der Waals surface area contributed by atoms with Crippen LogP contribution in [0.25, 0.3) is 0 Å². The van der Waals surface area contributed by atoms with Gasteiger partial charge in [-0.1, -0.05) is 18.7 Å². The van der Waals surface area contributed by atoms with E-state index in [2.05, 4.69) is 33.0 Å². The van der Waals surface area contributed by atoms with Gasteiger partial charge in [0.15, 0.2) is 11.5 Å². The van der Waals surface area contributed by atoms with E-state index in [1.807, 2.05) is 0 Å². The van der Waals surface area contributed by atoms with Crippen molar-refractivity contribution in [3.63, 3.8) is 0 Å². The average molecular weight is 648 g/mol. The third-order valence-corrected chi connectivity index (χ3v) is 7.97. The highest BCUT2D eigenvalue weighted by atomic mass is 79.9. The second-order valence-electron chi connectivity index (χ2n) is 8.34. The Bertz CT molecular complexity index is 1580. The van der Waals surface area contributed by atoms with E-state index >= 15 is 0 Å². The van der Waals surface area contributed by atoms with Crippen molar-refractivity contribution >= 4 is 49.4 Å². The van der Waals surface area contributed by atoms with Crippen LogP contribution >= 0.6 is 15.9 Å². The second kappa shape index (κ2) is 13.8. The quantitative estimate of drug-likeness (QED) is 0.123. The molecule has 0 atom stereocenters. The molecule has 0 saturated carbocycles. The van der Waals surface area contributed by atoms with Crippen LogP contribution in [0.4, 0.5) is 11.4 Å². The van der Waals surface area contributed by atoms with Crippen molar-refractivity contribution in [2.75, 3.05) is 31.7 Å². The number of nitrogens with one attached hydrogen (secondary N) is 1. The molecule has 1 N–H and O–H groups in total. The number of sulfonamides is 1. The lowest BCUT2D eigenvalue weighted by atomic mass is 10.2. The number of halogens is 1. The summed E-state index contributed by atoms with van der Waals surface area (Å²) in [6, 6.07) is 12.8. The van der Waals surface area contributed by atoms with Gasteiger partial charge in [0.2, 0.25) is 0 Å². The Kier molecular flexibility index (Phi) is 10.4. The summed E-state index contributed by atoms with van der Waals surface area (Å²) < 4.78 is 44.8. The predicted octanol–water partition coefficient (Wildman–Crippen LogP) is 4.59. The highest BCUT2D eigenvalue weighted by Crippen LogP contribution is 2.36. The fourth-order valence-corrected chi connectivity index (χ4v) is 5.59. The van der Waals surface area contributed by atoms with Crippen molar-refractivity contribution in [3.8, 4) is 17.2 Å². The normalized spacial score (nSPS) is 11.1. The minimum atomic E-state index is -4.41. The average Bonchev–Trinajstić information content (AvgIpc) is 2.95. The number of ether oxygens (including phenoxy) is 3. The van der Waals surface area contributed by atoms with Crippen LogP contribution in [0, 0.1) is 17.0 Å². The van der Waals surface area contributed by atoms with Crippen LogP contribution in [0.15, 0.2) is 81.7 Å². The molecule has 0 heterocycles. The van der Waals surface area contributed by atoms with Gasteiger partial charge in [-0.05, 0) is 70.9 Å². The number of anilines is 1. The summed E-state index contributed by atoms with van der Waals surface area (Å²) in [7, 11) is -1.49. The molecule has 14 heteroatoms. The number of hydrogen-bond donors (Lipinski definition) is 1. The van der Waals surface area contributed by atoms with Crippen LogP contribution in [-0.4, -0.2) is 52.8 Å². The lowest BCUT2D eigenvalue weighted by Crippen LogP contribution is -2.39. The molecule has 0 aliphatic heterocycles. The highest BCUT2D eigenvalue weighted by Gasteiger charge is 2.29. The zero-order valence-electron chi connectivity index (χ0n) is 22.4. The summed E-state index contributed by atoms with van der Waals surface area (Å²) in [6.45, 7) is 4.70. The van der Waals surface area contributed by atoms with Gasteiger partial charge in [0, 0.05) is 11.6 Å². The molecule has 0 radical (unpaired) electrons. The highest BCUT2D eigenvalue weighted by molar-refractivity contribution is 9.10. The number of aryl methyl sites for hydroxylation is 1. The minimum absolute atomic E-state index is 0.136.